The predicted molar refractivity (Wildman–Crippen MR) is 253 cm³/mol. The molecule has 0 unspecified atom stereocenters. The minimum Gasteiger partial charge on any atom is -0.444 e. The summed E-state index contributed by atoms with van der Waals surface area (Å²) in [4.78, 5) is 51.8. The molecule has 24 heteroatoms. The number of hydrogen-bond donors (Lipinski definition) is 4. The molecule has 5 N–H and O–H groups in total. The summed E-state index contributed by atoms with van der Waals surface area (Å²) in [6.45, 7) is 18.2. The molecule has 0 aliphatic carbocycles. The fourth-order valence-corrected chi connectivity index (χ4v) is 8.54. The number of fused-ring (bicyclic) bond motifs is 1. The van der Waals surface area contributed by atoms with Crippen LogP contribution in [0.2, 0.25) is 18.1 Å². The van der Waals surface area contributed by atoms with Crippen molar-refractivity contribution in [1.29, 1.82) is 0 Å². The van der Waals surface area contributed by atoms with Crippen molar-refractivity contribution in [3.05, 3.63) is 48.5 Å². The number of hydrogen-bond acceptors (Lipinski definition) is 18. The van der Waals surface area contributed by atoms with E-state index in [1.165, 1.54) is 12.7 Å². The summed E-state index contributed by atoms with van der Waals surface area (Å²) in [6, 6.07) is 7.42. The van der Waals surface area contributed by atoms with E-state index in [0.29, 0.717) is 75.8 Å². The molecule has 2 aromatic heterocycles. The molecule has 4 rings (SSSR count). The fourth-order valence-electron chi connectivity index (χ4n) is 6.46. The van der Waals surface area contributed by atoms with Gasteiger partial charge in [-0.3, -0.25) is 18.3 Å². The highest BCUT2D eigenvalue weighted by molar-refractivity contribution is 7.85. The maximum absolute atomic E-state index is 13.6. The Bertz CT molecular complexity index is 2140. The van der Waals surface area contributed by atoms with Crippen LogP contribution in [0, 0.1) is 0 Å². The average Bonchev–Trinajstić information content (AvgIpc) is 3.83. The van der Waals surface area contributed by atoms with Crippen LogP contribution in [0.25, 0.3) is 11.2 Å². The molecule has 3 amide bonds. The molecular weight excluding hydrogens is 925 g/mol. The number of carbonyl (C=O) groups is 3. The van der Waals surface area contributed by atoms with Gasteiger partial charge in [0.25, 0.3) is 5.91 Å². The summed E-state index contributed by atoms with van der Waals surface area (Å²) in [5.41, 5.74) is 6.58. The minimum absolute atomic E-state index is 0.0468. The second-order valence-electron chi connectivity index (χ2n) is 18.6. The third-order valence-corrected chi connectivity index (χ3v) is 16.3. The minimum atomic E-state index is -4.82. The lowest BCUT2D eigenvalue weighted by Gasteiger charge is -2.40. The maximum atomic E-state index is 13.6. The highest BCUT2D eigenvalue weighted by Gasteiger charge is 2.52. The van der Waals surface area contributed by atoms with Gasteiger partial charge in [-0.1, -0.05) is 51.1 Å². The number of ether oxygens (including phenoxy) is 7. The lowest BCUT2D eigenvalue weighted by Crippen LogP contribution is -2.52. The van der Waals surface area contributed by atoms with Crippen LogP contribution >= 0.6 is 0 Å². The summed E-state index contributed by atoms with van der Waals surface area (Å²) < 4.78 is 83.0. The Labute approximate surface area is 400 Å². The van der Waals surface area contributed by atoms with Crippen molar-refractivity contribution >= 4 is 53.5 Å². The molecule has 1 saturated heterocycles. The van der Waals surface area contributed by atoms with Gasteiger partial charge < -0.3 is 54.0 Å². The summed E-state index contributed by atoms with van der Waals surface area (Å²) in [5, 5.41) is 5.09. The van der Waals surface area contributed by atoms with E-state index in [2.05, 4.69) is 46.4 Å². The molecule has 1 fully saturated rings. The van der Waals surface area contributed by atoms with E-state index in [0.717, 1.165) is 0 Å². The van der Waals surface area contributed by atoms with Gasteiger partial charge in [-0.15, -0.1) is 0 Å². The number of aromatic nitrogens is 4. The second-order valence-corrected chi connectivity index (χ2v) is 24.7. The summed E-state index contributed by atoms with van der Waals surface area (Å²) in [7, 11) is -5.86. The fraction of sp³-hybridized carbons (Fsp3) is 0.682. The Kier molecular flexibility index (Phi) is 22.0. The van der Waals surface area contributed by atoms with E-state index in [4.69, 9.17) is 47.5 Å². The SMILES string of the molecule is COCCOCCOCCOCCC(=O)NCCCCO[C@@H]1[C@H](O[Si](C)(C)C(C)(C)C)[C@@H](COS(=O)(=O)NC(=O)[C@H](Cc2ccccc2)NC(=O)OC(C)(C)C)O[C@H]1n1cnc2c(N)ncnc21. The molecule has 3 heterocycles. The number of unbranched alkanes of at least 4 members (excludes halogenated alkanes) is 1. The molecule has 0 saturated carbocycles. The maximum Gasteiger partial charge on any atom is 0.408 e. The number of nitrogens with zero attached hydrogens (tertiary/aromatic N) is 4. The number of rotatable bonds is 29. The predicted octanol–water partition coefficient (Wildman–Crippen LogP) is 3.58. The van der Waals surface area contributed by atoms with Gasteiger partial charge in [0.05, 0.1) is 59.2 Å². The first-order valence-corrected chi connectivity index (χ1v) is 27.0. The number of alkyl carbamates (subject to hydrolysis) is 1. The summed E-state index contributed by atoms with van der Waals surface area (Å²) in [5.74, 6) is -1.06. The molecule has 1 aliphatic heterocycles. The zero-order valence-electron chi connectivity index (χ0n) is 40.8. The van der Waals surface area contributed by atoms with Crippen LogP contribution in [0.1, 0.15) is 72.6 Å². The molecule has 3 aromatic rings. The highest BCUT2D eigenvalue weighted by atomic mass is 32.2. The Morgan fingerprint density at radius 2 is 1.54 bits per heavy atom. The molecule has 5 atom stereocenters. The Hall–Kier alpha value is -4.37. The van der Waals surface area contributed by atoms with Gasteiger partial charge in [0, 0.05) is 33.1 Å². The molecular formula is C44H72N8O14SSi. The molecule has 68 heavy (non-hydrogen) atoms. The third-order valence-electron chi connectivity index (χ3n) is 10.9. The van der Waals surface area contributed by atoms with Crippen molar-refractivity contribution < 1.29 is 64.6 Å². The summed E-state index contributed by atoms with van der Waals surface area (Å²) >= 11 is 0. The van der Waals surface area contributed by atoms with Crippen LogP contribution < -0.4 is 21.1 Å². The van der Waals surface area contributed by atoms with E-state index < -0.39 is 73.4 Å². The number of imidazole rings is 1. The van der Waals surface area contributed by atoms with Gasteiger partial charge in [-0.05, 0) is 57.3 Å². The Balaban J connectivity index is 1.44. The van der Waals surface area contributed by atoms with Crippen molar-refractivity contribution in [3.8, 4) is 0 Å². The van der Waals surface area contributed by atoms with Gasteiger partial charge in [-0.25, -0.2) is 24.5 Å². The zero-order valence-corrected chi connectivity index (χ0v) is 42.6. The van der Waals surface area contributed by atoms with Gasteiger partial charge in [0.1, 0.15) is 41.8 Å². The van der Waals surface area contributed by atoms with Crippen LogP contribution in [0.4, 0.5) is 10.6 Å². The summed E-state index contributed by atoms with van der Waals surface area (Å²) in [6.07, 6.45) is -0.687. The molecule has 0 radical (unpaired) electrons. The highest BCUT2D eigenvalue weighted by Crippen LogP contribution is 2.43. The van der Waals surface area contributed by atoms with Gasteiger partial charge in [-0.2, -0.15) is 8.42 Å². The Morgan fingerprint density at radius 3 is 2.19 bits per heavy atom. The smallest absolute Gasteiger partial charge is 0.408 e. The molecule has 0 spiro atoms. The first kappa shape index (κ1) is 56.2. The normalized spacial score (nSPS) is 18.4. The van der Waals surface area contributed by atoms with Crippen molar-refractivity contribution in [2.24, 2.45) is 0 Å². The number of nitrogens with two attached hydrogens (primary N) is 1. The van der Waals surface area contributed by atoms with E-state index in [9.17, 15) is 22.8 Å². The zero-order chi connectivity index (χ0) is 50.0. The molecule has 1 aromatic carbocycles. The number of methoxy groups -OCH3 is 1. The third kappa shape index (κ3) is 18.5. The van der Waals surface area contributed by atoms with Crippen molar-refractivity contribution in [1.82, 2.24) is 34.9 Å². The monoisotopic (exact) mass is 996 g/mol. The molecule has 0 bridgehead atoms. The number of amides is 3. The van der Waals surface area contributed by atoms with Crippen LogP contribution in [0.5, 0.6) is 0 Å². The first-order valence-electron chi connectivity index (χ1n) is 22.7. The van der Waals surface area contributed by atoms with Gasteiger partial charge >= 0.3 is 16.4 Å². The van der Waals surface area contributed by atoms with E-state index >= 15 is 0 Å². The first-order chi connectivity index (χ1) is 32.1. The average molecular weight is 997 g/mol. The largest absolute Gasteiger partial charge is 0.444 e. The van der Waals surface area contributed by atoms with E-state index in [1.807, 2.05) is 17.8 Å². The number of carbonyl (C=O) groups excluding carboxylic acids is 3. The number of anilines is 1. The second kappa shape index (κ2) is 26.6. The van der Waals surface area contributed by atoms with E-state index in [1.54, 1.807) is 62.8 Å². The number of nitrogen functional groups attached to an aromatic ring is 1. The van der Waals surface area contributed by atoms with Crippen LogP contribution in [-0.4, -0.2) is 157 Å². The van der Waals surface area contributed by atoms with Crippen molar-refractivity contribution in [3.63, 3.8) is 0 Å². The number of nitrogens with one attached hydrogen (secondary N) is 3. The topological polar surface area (TPSA) is 274 Å². The Morgan fingerprint density at radius 1 is 0.882 bits per heavy atom. The number of benzene rings is 1. The molecule has 22 nitrogen and oxygen atoms in total. The van der Waals surface area contributed by atoms with E-state index in [-0.39, 0.29) is 42.8 Å². The van der Waals surface area contributed by atoms with Crippen molar-refractivity contribution in [2.45, 2.75) is 122 Å². The lowest BCUT2D eigenvalue weighted by atomic mass is 10.1. The van der Waals surface area contributed by atoms with Gasteiger partial charge in [0.15, 0.2) is 26.0 Å². The van der Waals surface area contributed by atoms with Gasteiger partial charge in [0.2, 0.25) is 5.91 Å². The standard InChI is InChI=1S/C44H72N8O14SSi/c1-43(2,3)65-42(55)50-32(27-31-15-11-10-12-16-31)40(54)51-67(56,57)63-28-33-36(66-68(8,9)44(4,5)6)37(41(64-33)52-30-49-35-38(45)47-29-48-39(35)52)62-19-14-13-18-46-34(53)17-20-59-23-24-61-26-25-60-22-21-58-7/h10-12,15-16,29-30,32-33,36-37,41H,13-14,17-28H2,1-9H3,(H,46,53)(H,50,55)(H,51,54)(H2,45,47,48)/t32-,33+,36+,37+,41+/m0/s1. The van der Waals surface area contributed by atoms with Crippen LogP contribution in [0.3, 0.4) is 0 Å². The van der Waals surface area contributed by atoms with Crippen LogP contribution in [-0.2, 0) is 68.1 Å². The molecule has 382 valence electrons. The molecule has 1 aliphatic rings. The lowest BCUT2D eigenvalue weighted by molar-refractivity contribution is -0.122. The quantitative estimate of drug-likeness (QED) is 0.0572. The van der Waals surface area contributed by atoms with Crippen molar-refractivity contribution in [2.75, 3.05) is 78.9 Å². The van der Waals surface area contributed by atoms with Crippen LogP contribution in [0.15, 0.2) is 43.0 Å².